The molecule has 9 nitrogen and oxygen atoms in total. The maximum absolute atomic E-state index is 12.6. The van der Waals surface area contributed by atoms with Crippen LogP contribution in [0.2, 0.25) is 0 Å². The normalized spacial score (nSPS) is 15.1. The average molecular weight is 383 g/mol. The first kappa shape index (κ1) is 18.0. The van der Waals surface area contributed by atoms with E-state index < -0.39 is 5.97 Å². The zero-order valence-corrected chi connectivity index (χ0v) is 15.8. The summed E-state index contributed by atoms with van der Waals surface area (Å²) >= 11 is 0. The van der Waals surface area contributed by atoms with Crippen molar-refractivity contribution in [3.63, 3.8) is 0 Å². The molecule has 0 spiro atoms. The van der Waals surface area contributed by atoms with E-state index in [1.807, 2.05) is 11.8 Å². The summed E-state index contributed by atoms with van der Waals surface area (Å²) in [5, 5.41) is 14.9. The van der Waals surface area contributed by atoms with E-state index in [-0.39, 0.29) is 11.5 Å². The van der Waals surface area contributed by atoms with Gasteiger partial charge in [-0.05, 0) is 25.5 Å². The predicted molar refractivity (Wildman–Crippen MR) is 102 cm³/mol. The largest absolute Gasteiger partial charge is 0.478 e. The minimum Gasteiger partial charge on any atom is -0.478 e. The van der Waals surface area contributed by atoms with Crippen LogP contribution in [0.5, 0.6) is 0 Å². The summed E-state index contributed by atoms with van der Waals surface area (Å²) < 4.78 is 6.88. The molecule has 1 amide bonds. The van der Waals surface area contributed by atoms with E-state index in [9.17, 15) is 14.7 Å². The third kappa shape index (κ3) is 2.98. The number of anilines is 1. The highest BCUT2D eigenvalue weighted by molar-refractivity contribution is 6.05. The standard InChI is InChI=1S/C19H21N5O4/c1-12-15-16(13(19(26)27)11-20-17(15)22(2)21-12)23-6-4-7-24(9-8-23)18(25)14-5-3-10-28-14/h3,5,10-11H,4,6-9H2,1-2H3,(H,26,27). The molecular weight excluding hydrogens is 362 g/mol. The number of carboxylic acid groups (broad SMARTS) is 1. The highest BCUT2D eigenvalue weighted by Crippen LogP contribution is 2.32. The Kier molecular flexibility index (Phi) is 4.50. The van der Waals surface area contributed by atoms with Crippen molar-refractivity contribution in [3.8, 4) is 0 Å². The van der Waals surface area contributed by atoms with Crippen molar-refractivity contribution in [2.45, 2.75) is 13.3 Å². The molecule has 0 radical (unpaired) electrons. The van der Waals surface area contributed by atoms with E-state index >= 15 is 0 Å². The molecule has 0 bridgehead atoms. The van der Waals surface area contributed by atoms with E-state index in [1.54, 1.807) is 28.8 Å². The summed E-state index contributed by atoms with van der Waals surface area (Å²) in [6.45, 7) is 4.06. The van der Waals surface area contributed by atoms with E-state index in [2.05, 4.69) is 10.1 Å². The Hall–Kier alpha value is -3.36. The number of hydrogen-bond acceptors (Lipinski definition) is 6. The first-order valence-electron chi connectivity index (χ1n) is 9.10. The van der Waals surface area contributed by atoms with Crippen molar-refractivity contribution in [1.29, 1.82) is 0 Å². The molecule has 0 saturated carbocycles. The number of hydrogen-bond donors (Lipinski definition) is 1. The Morgan fingerprint density at radius 3 is 2.75 bits per heavy atom. The Labute approximate surface area is 161 Å². The molecule has 9 heteroatoms. The Morgan fingerprint density at radius 2 is 2.04 bits per heavy atom. The van der Waals surface area contributed by atoms with Crippen LogP contribution >= 0.6 is 0 Å². The number of fused-ring (bicyclic) bond motifs is 1. The fourth-order valence-corrected chi connectivity index (χ4v) is 3.78. The average Bonchev–Trinajstić information content (AvgIpc) is 3.22. The topological polar surface area (TPSA) is 105 Å². The number of aryl methyl sites for hydroxylation is 2. The quantitative estimate of drug-likeness (QED) is 0.737. The van der Waals surface area contributed by atoms with Crippen molar-refractivity contribution in [3.05, 3.63) is 41.6 Å². The molecule has 4 rings (SSSR count). The molecule has 1 aliphatic heterocycles. The van der Waals surface area contributed by atoms with Gasteiger partial charge in [0.25, 0.3) is 5.91 Å². The molecule has 1 fully saturated rings. The molecular formula is C19H21N5O4. The summed E-state index contributed by atoms with van der Waals surface area (Å²) in [6.07, 6.45) is 3.59. The fourth-order valence-electron chi connectivity index (χ4n) is 3.78. The van der Waals surface area contributed by atoms with Crippen molar-refractivity contribution in [2.75, 3.05) is 31.1 Å². The number of aromatic nitrogens is 3. The zero-order valence-electron chi connectivity index (χ0n) is 15.8. The maximum Gasteiger partial charge on any atom is 0.339 e. The van der Waals surface area contributed by atoms with Crippen molar-refractivity contribution >= 4 is 28.6 Å². The second-order valence-electron chi connectivity index (χ2n) is 6.84. The van der Waals surface area contributed by atoms with Gasteiger partial charge in [-0.25, -0.2) is 9.78 Å². The van der Waals surface area contributed by atoms with Gasteiger partial charge in [-0.1, -0.05) is 0 Å². The van der Waals surface area contributed by atoms with Crippen LogP contribution in [0.3, 0.4) is 0 Å². The molecule has 4 heterocycles. The lowest BCUT2D eigenvalue weighted by molar-refractivity contribution is 0.0694. The van der Waals surface area contributed by atoms with Crippen LogP contribution < -0.4 is 4.90 Å². The molecule has 1 N–H and O–H groups in total. The fraction of sp³-hybridized carbons (Fsp3) is 0.368. The predicted octanol–water partition coefficient (Wildman–Crippen LogP) is 1.92. The smallest absolute Gasteiger partial charge is 0.339 e. The molecule has 3 aromatic rings. The summed E-state index contributed by atoms with van der Waals surface area (Å²) in [5.41, 5.74) is 2.14. The second kappa shape index (κ2) is 6.99. The van der Waals surface area contributed by atoms with Crippen LogP contribution in [0.4, 0.5) is 5.69 Å². The summed E-state index contributed by atoms with van der Waals surface area (Å²) in [5.74, 6) is -0.864. The van der Waals surface area contributed by atoms with Gasteiger partial charge in [0.05, 0.1) is 23.0 Å². The van der Waals surface area contributed by atoms with Gasteiger partial charge in [0.1, 0.15) is 5.56 Å². The van der Waals surface area contributed by atoms with Gasteiger partial charge in [-0.3, -0.25) is 9.48 Å². The van der Waals surface area contributed by atoms with Gasteiger partial charge in [0.2, 0.25) is 0 Å². The van der Waals surface area contributed by atoms with Crippen LogP contribution in [0, 0.1) is 6.92 Å². The van der Waals surface area contributed by atoms with Crippen LogP contribution in [0.1, 0.15) is 33.0 Å². The highest BCUT2D eigenvalue weighted by atomic mass is 16.4. The molecule has 1 aliphatic rings. The van der Waals surface area contributed by atoms with Gasteiger partial charge in [0.15, 0.2) is 11.4 Å². The molecule has 0 aromatic carbocycles. The number of carbonyl (C=O) groups excluding carboxylic acids is 1. The molecule has 0 atom stereocenters. The van der Waals surface area contributed by atoms with Gasteiger partial charge >= 0.3 is 5.97 Å². The Morgan fingerprint density at radius 1 is 1.21 bits per heavy atom. The first-order valence-corrected chi connectivity index (χ1v) is 9.10. The summed E-state index contributed by atoms with van der Waals surface area (Å²) in [7, 11) is 1.79. The van der Waals surface area contributed by atoms with E-state index in [1.165, 1.54) is 12.5 Å². The molecule has 0 unspecified atom stereocenters. The van der Waals surface area contributed by atoms with Gasteiger partial charge in [0, 0.05) is 39.4 Å². The lowest BCUT2D eigenvalue weighted by atomic mass is 10.1. The summed E-state index contributed by atoms with van der Waals surface area (Å²) in [4.78, 5) is 32.5. The summed E-state index contributed by atoms with van der Waals surface area (Å²) in [6, 6.07) is 3.34. The Balaban J connectivity index is 1.69. The van der Waals surface area contributed by atoms with Crippen molar-refractivity contribution < 1.29 is 19.1 Å². The van der Waals surface area contributed by atoms with E-state index in [0.717, 1.165) is 11.1 Å². The number of nitrogens with zero attached hydrogens (tertiary/aromatic N) is 5. The molecule has 3 aromatic heterocycles. The van der Waals surface area contributed by atoms with Crippen LogP contribution in [-0.2, 0) is 7.05 Å². The lowest BCUT2D eigenvalue weighted by Gasteiger charge is -2.25. The highest BCUT2D eigenvalue weighted by Gasteiger charge is 2.27. The third-order valence-corrected chi connectivity index (χ3v) is 5.06. The van der Waals surface area contributed by atoms with Crippen molar-refractivity contribution in [1.82, 2.24) is 19.7 Å². The number of carbonyl (C=O) groups is 2. The Bertz CT molecular complexity index is 1040. The minimum absolute atomic E-state index is 0.148. The monoisotopic (exact) mass is 383 g/mol. The van der Waals surface area contributed by atoms with Gasteiger partial charge in [-0.15, -0.1) is 0 Å². The van der Waals surface area contributed by atoms with Crippen molar-refractivity contribution in [2.24, 2.45) is 7.05 Å². The van der Waals surface area contributed by atoms with E-state index in [4.69, 9.17) is 4.42 Å². The van der Waals surface area contributed by atoms with Crippen LogP contribution in [-0.4, -0.2) is 62.8 Å². The number of amides is 1. The van der Waals surface area contributed by atoms with Crippen LogP contribution in [0.15, 0.2) is 29.0 Å². The van der Waals surface area contributed by atoms with Gasteiger partial charge < -0.3 is 19.3 Å². The van der Waals surface area contributed by atoms with E-state index in [0.29, 0.717) is 49.7 Å². The maximum atomic E-state index is 12.6. The molecule has 28 heavy (non-hydrogen) atoms. The molecule has 1 saturated heterocycles. The van der Waals surface area contributed by atoms with Gasteiger partial charge in [-0.2, -0.15) is 5.10 Å². The number of rotatable bonds is 3. The lowest BCUT2D eigenvalue weighted by Crippen LogP contribution is -2.35. The van der Waals surface area contributed by atoms with Crippen LogP contribution in [0.25, 0.3) is 11.0 Å². The molecule has 146 valence electrons. The minimum atomic E-state index is -1.03. The zero-order chi connectivity index (χ0) is 19.8. The number of carboxylic acids is 1. The second-order valence-corrected chi connectivity index (χ2v) is 6.84. The molecule has 0 aliphatic carbocycles. The number of aromatic carboxylic acids is 1. The number of furan rings is 1. The number of pyridine rings is 1. The SMILES string of the molecule is Cc1nn(C)c2ncc(C(=O)O)c(N3CCCN(C(=O)c4ccco4)CC3)c12. The first-order chi connectivity index (χ1) is 13.5. The third-order valence-electron chi connectivity index (χ3n) is 5.06.